The van der Waals surface area contributed by atoms with Crippen molar-refractivity contribution in [2.75, 3.05) is 6.61 Å². The van der Waals surface area contributed by atoms with E-state index in [0.29, 0.717) is 12.0 Å². The fourth-order valence-electron chi connectivity index (χ4n) is 1.66. The van der Waals surface area contributed by atoms with Crippen LogP contribution in [-0.4, -0.2) is 46.6 Å². The number of aromatic nitrogens is 2. The third-order valence-electron chi connectivity index (χ3n) is 2.62. The van der Waals surface area contributed by atoms with Gasteiger partial charge in [-0.3, -0.25) is 4.79 Å². The first-order valence-electron chi connectivity index (χ1n) is 7.28. The molecule has 1 amide bonds. The second-order valence-electron chi connectivity index (χ2n) is 5.88. The number of carbonyl (C=O) groups is 3. The van der Waals surface area contributed by atoms with Gasteiger partial charge in [0.2, 0.25) is 12.2 Å². The molecule has 0 saturated carbocycles. The molecule has 0 saturated heterocycles. The van der Waals surface area contributed by atoms with Crippen LogP contribution in [0.25, 0.3) is 0 Å². The maximum atomic E-state index is 11.8. The highest BCUT2D eigenvalue weighted by atomic mass is 16.6. The molecule has 0 aliphatic heterocycles. The molecule has 0 spiro atoms. The van der Waals surface area contributed by atoms with Gasteiger partial charge in [-0.1, -0.05) is 12.7 Å². The van der Waals surface area contributed by atoms with E-state index in [1.807, 2.05) is 0 Å². The van der Waals surface area contributed by atoms with E-state index < -0.39 is 23.6 Å². The van der Waals surface area contributed by atoms with E-state index in [4.69, 9.17) is 9.47 Å². The van der Waals surface area contributed by atoms with E-state index in [0.717, 1.165) is 0 Å². The number of nitrogens with one attached hydrogen (secondary N) is 1. The zero-order chi connectivity index (χ0) is 18.2. The van der Waals surface area contributed by atoms with Crippen LogP contribution in [0.4, 0.5) is 0 Å². The summed E-state index contributed by atoms with van der Waals surface area (Å²) in [6.45, 7) is 8.71. The molecule has 24 heavy (non-hydrogen) atoms. The van der Waals surface area contributed by atoms with E-state index in [-0.39, 0.29) is 18.9 Å². The Morgan fingerprint density at radius 3 is 2.46 bits per heavy atom. The fourth-order valence-corrected chi connectivity index (χ4v) is 1.66. The lowest BCUT2D eigenvalue weighted by Gasteiger charge is -2.18. The van der Waals surface area contributed by atoms with Crippen LogP contribution in [0.2, 0.25) is 0 Å². The molecule has 0 unspecified atom stereocenters. The van der Waals surface area contributed by atoms with Crippen molar-refractivity contribution in [3.05, 3.63) is 36.4 Å². The molecule has 0 aromatic carbocycles. The summed E-state index contributed by atoms with van der Waals surface area (Å²) < 4.78 is 10.1. The van der Waals surface area contributed by atoms with Crippen molar-refractivity contribution in [1.29, 1.82) is 0 Å². The number of nitrogens with zero attached hydrogens (tertiary/aromatic N) is 2. The van der Waals surface area contributed by atoms with Crippen LogP contribution in [0.3, 0.4) is 0 Å². The van der Waals surface area contributed by atoms with Crippen LogP contribution in [0.1, 0.15) is 37.0 Å². The highest BCUT2D eigenvalue weighted by Crippen LogP contribution is 2.10. The number of hydrogen-bond acceptors (Lipinski definition) is 7. The van der Waals surface area contributed by atoms with Gasteiger partial charge in [-0.25, -0.2) is 19.6 Å². The Labute approximate surface area is 140 Å². The Morgan fingerprint density at radius 1 is 1.33 bits per heavy atom. The largest absolute Gasteiger partial charge is 0.460 e. The third kappa shape index (κ3) is 6.55. The normalized spacial score (nSPS) is 12.0. The van der Waals surface area contributed by atoms with Crippen molar-refractivity contribution in [2.45, 2.75) is 38.8 Å². The van der Waals surface area contributed by atoms with Crippen LogP contribution in [0.15, 0.2) is 25.0 Å². The van der Waals surface area contributed by atoms with Gasteiger partial charge < -0.3 is 14.8 Å². The third-order valence-corrected chi connectivity index (χ3v) is 2.62. The molecule has 8 nitrogen and oxygen atoms in total. The van der Waals surface area contributed by atoms with Gasteiger partial charge in [0.1, 0.15) is 18.2 Å². The maximum absolute atomic E-state index is 11.8. The van der Waals surface area contributed by atoms with Crippen molar-refractivity contribution in [3.8, 4) is 0 Å². The van der Waals surface area contributed by atoms with Crippen molar-refractivity contribution < 1.29 is 23.9 Å². The maximum Gasteiger partial charge on any atom is 0.376 e. The molecule has 130 valence electrons. The van der Waals surface area contributed by atoms with Gasteiger partial charge in [-0.2, -0.15) is 0 Å². The summed E-state index contributed by atoms with van der Waals surface area (Å²) in [4.78, 5) is 42.1. The summed E-state index contributed by atoms with van der Waals surface area (Å²) >= 11 is 0. The summed E-state index contributed by atoms with van der Waals surface area (Å²) in [6.07, 6.45) is 4.76. The second-order valence-corrected chi connectivity index (χ2v) is 5.88. The number of rotatable bonds is 8. The average molecular weight is 335 g/mol. The zero-order valence-corrected chi connectivity index (χ0v) is 13.9. The topological polar surface area (TPSA) is 107 Å². The van der Waals surface area contributed by atoms with Gasteiger partial charge in [0.05, 0.1) is 0 Å². The van der Waals surface area contributed by atoms with Gasteiger partial charge in [0.25, 0.3) is 0 Å². The molecule has 1 rings (SSSR count). The number of amides is 1. The number of ether oxygens (including phenoxy) is 2. The monoisotopic (exact) mass is 335 g/mol. The lowest BCUT2D eigenvalue weighted by molar-refractivity contribution is -0.145. The summed E-state index contributed by atoms with van der Waals surface area (Å²) in [7, 11) is 0. The van der Waals surface area contributed by atoms with E-state index in [2.05, 4.69) is 21.9 Å². The fraction of sp³-hybridized carbons (Fsp3) is 0.438. The standard InChI is InChI=1S/C16H21N3O5/c1-5-6-23-14(21)12(19-10-20)7-11-8-17-13(18-9-11)15(22)24-16(2,3)4/h5,8-10,12H,1,6-7H2,2-4H3,(H,19,20)/t12-/m0/s1. The Morgan fingerprint density at radius 2 is 1.96 bits per heavy atom. The van der Waals surface area contributed by atoms with Gasteiger partial charge in [-0.15, -0.1) is 0 Å². The predicted molar refractivity (Wildman–Crippen MR) is 85.0 cm³/mol. The lowest BCUT2D eigenvalue weighted by Crippen LogP contribution is -2.39. The summed E-state index contributed by atoms with van der Waals surface area (Å²) in [6, 6.07) is -0.876. The molecule has 1 heterocycles. The van der Waals surface area contributed by atoms with Gasteiger partial charge in [0.15, 0.2) is 0 Å². The first-order valence-corrected chi connectivity index (χ1v) is 7.28. The summed E-state index contributed by atoms with van der Waals surface area (Å²) in [5, 5.41) is 2.37. The van der Waals surface area contributed by atoms with Crippen LogP contribution >= 0.6 is 0 Å². The Bertz CT molecular complexity index is 593. The number of esters is 2. The van der Waals surface area contributed by atoms with Crippen LogP contribution in [-0.2, 0) is 25.5 Å². The highest BCUT2D eigenvalue weighted by molar-refractivity contribution is 5.85. The van der Waals surface area contributed by atoms with E-state index in [9.17, 15) is 14.4 Å². The molecule has 8 heteroatoms. The lowest BCUT2D eigenvalue weighted by atomic mass is 10.1. The van der Waals surface area contributed by atoms with Crippen molar-refractivity contribution in [1.82, 2.24) is 15.3 Å². The van der Waals surface area contributed by atoms with Crippen molar-refractivity contribution >= 4 is 18.3 Å². The van der Waals surface area contributed by atoms with E-state index in [1.54, 1.807) is 20.8 Å². The molecule has 0 fully saturated rings. The Kier molecular flexibility index (Phi) is 7.03. The van der Waals surface area contributed by atoms with E-state index in [1.165, 1.54) is 18.5 Å². The molecule has 1 atom stereocenters. The molecular formula is C16H21N3O5. The van der Waals surface area contributed by atoms with Gasteiger partial charge >= 0.3 is 11.9 Å². The number of hydrogen-bond donors (Lipinski definition) is 1. The van der Waals surface area contributed by atoms with Crippen LogP contribution in [0, 0.1) is 0 Å². The Hall–Kier alpha value is -2.77. The van der Waals surface area contributed by atoms with Crippen LogP contribution in [0.5, 0.6) is 0 Å². The SMILES string of the molecule is C=CCOC(=O)[C@H](Cc1cnc(C(=O)OC(C)(C)C)nc1)NC=O. The van der Waals surface area contributed by atoms with Gasteiger partial charge in [-0.05, 0) is 26.3 Å². The summed E-state index contributed by atoms with van der Waals surface area (Å²) in [5.41, 5.74) is -0.0929. The molecular weight excluding hydrogens is 314 g/mol. The average Bonchev–Trinajstić information content (AvgIpc) is 2.51. The smallest absolute Gasteiger partial charge is 0.376 e. The minimum Gasteiger partial charge on any atom is -0.460 e. The van der Waals surface area contributed by atoms with Crippen LogP contribution < -0.4 is 5.32 Å². The van der Waals surface area contributed by atoms with Gasteiger partial charge in [0, 0.05) is 18.8 Å². The summed E-state index contributed by atoms with van der Waals surface area (Å²) in [5.74, 6) is -1.32. The molecule has 0 aliphatic rings. The van der Waals surface area contributed by atoms with E-state index >= 15 is 0 Å². The minimum atomic E-state index is -0.876. The van der Waals surface area contributed by atoms with Crippen molar-refractivity contribution in [2.24, 2.45) is 0 Å². The molecule has 0 bridgehead atoms. The molecule has 1 N–H and O–H groups in total. The quantitative estimate of drug-likeness (QED) is 0.425. The molecule has 1 aromatic rings. The minimum absolute atomic E-state index is 0.0456. The molecule has 0 aliphatic carbocycles. The highest BCUT2D eigenvalue weighted by Gasteiger charge is 2.22. The molecule has 1 aromatic heterocycles. The second kappa shape index (κ2) is 8.76. The predicted octanol–water partition coefficient (Wildman–Crippen LogP) is 0.818. The molecule has 0 radical (unpaired) electrons. The zero-order valence-electron chi connectivity index (χ0n) is 13.9. The Balaban J connectivity index is 2.76. The van der Waals surface area contributed by atoms with Crippen molar-refractivity contribution in [3.63, 3.8) is 0 Å². The number of carbonyl (C=O) groups excluding carboxylic acids is 3. The first kappa shape index (κ1) is 19.3. The first-order chi connectivity index (χ1) is 11.3.